The highest BCUT2D eigenvalue weighted by Crippen LogP contribution is 2.53. The fraction of sp³-hybridized carbons (Fsp3) is 0.917. The van der Waals surface area contributed by atoms with Crippen LogP contribution in [0.1, 0.15) is 46.0 Å². The maximum Gasteiger partial charge on any atom is 0.306 e. The highest BCUT2D eigenvalue weighted by Gasteiger charge is 2.53. The van der Waals surface area contributed by atoms with Gasteiger partial charge in [0.15, 0.2) is 0 Å². The fourth-order valence-corrected chi connectivity index (χ4v) is 4.72. The van der Waals surface area contributed by atoms with E-state index in [0.717, 1.165) is 25.7 Å². The molecule has 0 bridgehead atoms. The number of carbonyl (C=O) groups excluding carboxylic acids is 1. The van der Waals surface area contributed by atoms with E-state index in [4.69, 9.17) is 15.4 Å². The maximum atomic E-state index is 11.6. The van der Waals surface area contributed by atoms with Gasteiger partial charge in [0.2, 0.25) is 9.05 Å². The Morgan fingerprint density at radius 2 is 2.06 bits per heavy atom. The van der Waals surface area contributed by atoms with Crippen molar-refractivity contribution in [2.24, 2.45) is 10.8 Å². The van der Waals surface area contributed by atoms with Crippen LogP contribution in [0.4, 0.5) is 0 Å². The third-order valence-corrected chi connectivity index (χ3v) is 5.24. The van der Waals surface area contributed by atoms with Crippen molar-refractivity contribution in [2.75, 3.05) is 5.75 Å². The van der Waals surface area contributed by atoms with E-state index in [0.29, 0.717) is 6.42 Å². The average Bonchev–Trinajstić information content (AvgIpc) is 2.36. The van der Waals surface area contributed by atoms with Gasteiger partial charge in [0.1, 0.15) is 11.9 Å². The largest absolute Gasteiger partial charge is 0.461 e. The summed E-state index contributed by atoms with van der Waals surface area (Å²) in [6, 6.07) is 0. The Hall–Kier alpha value is -0.290. The van der Waals surface area contributed by atoms with Gasteiger partial charge < -0.3 is 4.74 Å². The molecule has 0 N–H and O–H groups in total. The maximum absolute atomic E-state index is 11.6. The molecule has 1 saturated carbocycles. The number of esters is 1. The Morgan fingerprint density at radius 1 is 1.39 bits per heavy atom. The number of ether oxygens (including phenoxy) is 1. The van der Waals surface area contributed by atoms with E-state index in [1.54, 1.807) is 0 Å². The molecule has 104 valence electrons. The monoisotopic (exact) mass is 294 g/mol. The lowest BCUT2D eigenvalue weighted by Crippen LogP contribution is -2.42. The van der Waals surface area contributed by atoms with Crippen molar-refractivity contribution in [3.63, 3.8) is 0 Å². The lowest BCUT2D eigenvalue weighted by atomic mass is 9.61. The van der Waals surface area contributed by atoms with Crippen molar-refractivity contribution in [1.82, 2.24) is 0 Å². The van der Waals surface area contributed by atoms with Gasteiger partial charge in [0.05, 0.1) is 6.42 Å². The van der Waals surface area contributed by atoms with Crippen LogP contribution in [0.3, 0.4) is 0 Å². The molecule has 18 heavy (non-hydrogen) atoms. The number of hydrogen-bond acceptors (Lipinski definition) is 4. The minimum Gasteiger partial charge on any atom is -0.461 e. The molecule has 1 aliphatic carbocycles. The molecule has 0 amide bonds. The van der Waals surface area contributed by atoms with E-state index in [1.165, 1.54) is 0 Å². The van der Waals surface area contributed by atoms with Gasteiger partial charge in [-0.15, -0.1) is 0 Å². The molecule has 1 aliphatic heterocycles. The number of cyclic esters (lactones) is 1. The van der Waals surface area contributed by atoms with E-state index < -0.39 is 15.2 Å². The second-order valence-electron chi connectivity index (χ2n) is 6.42. The zero-order chi connectivity index (χ0) is 13.6. The van der Waals surface area contributed by atoms with Gasteiger partial charge in [-0.1, -0.05) is 20.3 Å². The zero-order valence-electron chi connectivity index (χ0n) is 10.7. The molecule has 1 saturated heterocycles. The lowest BCUT2D eigenvalue weighted by molar-refractivity contribution is -0.141. The quantitative estimate of drug-likeness (QED) is 0.580. The molecule has 2 fully saturated rings. The van der Waals surface area contributed by atoms with Crippen LogP contribution < -0.4 is 0 Å². The van der Waals surface area contributed by atoms with Crippen LogP contribution in [0.25, 0.3) is 0 Å². The molecule has 2 atom stereocenters. The highest BCUT2D eigenvalue weighted by atomic mass is 35.7. The molecule has 2 aliphatic rings. The summed E-state index contributed by atoms with van der Waals surface area (Å²) in [7, 11) is 1.67. The minimum atomic E-state index is -3.65. The van der Waals surface area contributed by atoms with E-state index in [2.05, 4.69) is 13.8 Å². The summed E-state index contributed by atoms with van der Waals surface area (Å²) >= 11 is 0. The Morgan fingerprint density at radius 3 is 2.61 bits per heavy atom. The van der Waals surface area contributed by atoms with Gasteiger partial charge in [-0.3, -0.25) is 4.79 Å². The average molecular weight is 295 g/mol. The summed E-state index contributed by atoms with van der Waals surface area (Å²) in [5.74, 6) is -0.561. The smallest absolute Gasteiger partial charge is 0.306 e. The molecule has 0 aromatic heterocycles. The van der Waals surface area contributed by atoms with E-state index in [1.807, 2.05) is 0 Å². The SMILES string of the molecule is CC1(C)CCCC2(CC(=O)OC2CS(=O)(=O)Cl)C1. The van der Waals surface area contributed by atoms with Gasteiger partial charge >= 0.3 is 5.97 Å². The van der Waals surface area contributed by atoms with Gasteiger partial charge in [-0.25, -0.2) is 8.42 Å². The van der Waals surface area contributed by atoms with E-state index in [9.17, 15) is 13.2 Å². The van der Waals surface area contributed by atoms with Crippen LogP contribution >= 0.6 is 10.7 Å². The number of hydrogen-bond donors (Lipinski definition) is 0. The predicted octanol–water partition coefficient (Wildman–Crippen LogP) is 2.46. The van der Waals surface area contributed by atoms with Gasteiger partial charge in [-0.05, 0) is 24.7 Å². The predicted molar refractivity (Wildman–Crippen MR) is 68.8 cm³/mol. The first-order valence-corrected chi connectivity index (χ1v) is 8.72. The first-order chi connectivity index (χ1) is 8.12. The van der Waals surface area contributed by atoms with Crippen molar-refractivity contribution in [3.05, 3.63) is 0 Å². The molecule has 2 rings (SSSR count). The van der Waals surface area contributed by atoms with Crippen molar-refractivity contribution in [3.8, 4) is 0 Å². The van der Waals surface area contributed by atoms with Crippen LogP contribution in [0, 0.1) is 10.8 Å². The molecular weight excluding hydrogens is 276 g/mol. The molecule has 1 heterocycles. The van der Waals surface area contributed by atoms with Gasteiger partial charge in [-0.2, -0.15) is 0 Å². The Labute approximate surface area is 112 Å². The van der Waals surface area contributed by atoms with Crippen LogP contribution in [0.5, 0.6) is 0 Å². The third kappa shape index (κ3) is 2.99. The molecule has 2 unspecified atom stereocenters. The van der Waals surface area contributed by atoms with Crippen LogP contribution in [0.15, 0.2) is 0 Å². The molecular formula is C12H19ClO4S. The van der Waals surface area contributed by atoms with Crippen LogP contribution in [-0.4, -0.2) is 26.2 Å². The molecule has 4 nitrogen and oxygen atoms in total. The van der Waals surface area contributed by atoms with Crippen molar-refractivity contribution < 1.29 is 17.9 Å². The number of rotatable bonds is 2. The summed E-state index contributed by atoms with van der Waals surface area (Å²) in [6.07, 6.45) is 3.52. The van der Waals surface area contributed by atoms with Crippen LogP contribution in [-0.2, 0) is 18.6 Å². The summed E-state index contributed by atoms with van der Waals surface area (Å²) in [5, 5.41) is 0. The molecule has 0 radical (unpaired) electrons. The summed E-state index contributed by atoms with van der Waals surface area (Å²) in [6.45, 7) is 4.31. The fourth-order valence-electron chi connectivity index (χ4n) is 3.59. The second kappa shape index (κ2) is 4.37. The Bertz CT molecular complexity index is 457. The topological polar surface area (TPSA) is 60.4 Å². The van der Waals surface area contributed by atoms with Gasteiger partial charge in [0.25, 0.3) is 0 Å². The van der Waals surface area contributed by atoms with Crippen LogP contribution in [0.2, 0.25) is 0 Å². The molecule has 1 spiro atoms. The Balaban J connectivity index is 2.25. The van der Waals surface area contributed by atoms with Gasteiger partial charge in [0, 0.05) is 16.1 Å². The first-order valence-electron chi connectivity index (χ1n) is 6.24. The van der Waals surface area contributed by atoms with E-state index in [-0.39, 0.29) is 22.6 Å². The van der Waals surface area contributed by atoms with E-state index >= 15 is 0 Å². The molecule has 6 heteroatoms. The highest BCUT2D eigenvalue weighted by molar-refractivity contribution is 8.13. The summed E-state index contributed by atoms with van der Waals surface area (Å²) in [5.41, 5.74) is -0.207. The second-order valence-corrected chi connectivity index (χ2v) is 9.24. The number of halogens is 1. The van der Waals surface area contributed by atoms with Crippen molar-refractivity contribution in [2.45, 2.75) is 52.1 Å². The summed E-state index contributed by atoms with van der Waals surface area (Å²) in [4.78, 5) is 11.6. The third-order valence-electron chi connectivity index (χ3n) is 4.16. The summed E-state index contributed by atoms with van der Waals surface area (Å²) < 4.78 is 27.7. The van der Waals surface area contributed by atoms with Crippen molar-refractivity contribution >= 4 is 25.7 Å². The standard InChI is InChI=1S/C12H19ClO4S/c1-11(2)4-3-5-12(8-11)6-10(14)17-9(12)7-18(13,15)16/h9H,3-8H2,1-2H3. The molecule has 0 aromatic carbocycles. The first kappa shape index (κ1) is 14.1. The Kier molecular flexibility index (Phi) is 3.43. The zero-order valence-corrected chi connectivity index (χ0v) is 12.3. The normalized spacial score (nSPS) is 35.7. The minimum absolute atomic E-state index is 0.126. The molecule has 0 aromatic rings. The number of carbonyl (C=O) groups is 1. The van der Waals surface area contributed by atoms with Crippen molar-refractivity contribution in [1.29, 1.82) is 0 Å². The lowest BCUT2D eigenvalue weighted by Gasteiger charge is -2.44.